The molecule has 1 atom stereocenters. The molecule has 39 heavy (non-hydrogen) atoms. The Kier molecular flexibility index (Phi) is 9.70. The van der Waals surface area contributed by atoms with Gasteiger partial charge in [-0.2, -0.15) is 5.10 Å². The van der Waals surface area contributed by atoms with Gasteiger partial charge in [-0.3, -0.25) is 9.48 Å². The molecule has 2 heterocycles. The molecule has 10 nitrogen and oxygen atoms in total. The van der Waals surface area contributed by atoms with Crippen LogP contribution in [0, 0.1) is 17.6 Å². The molecule has 1 amide bonds. The smallest absolute Gasteiger partial charge is 0.246 e. The molecule has 0 fully saturated rings. The summed E-state index contributed by atoms with van der Waals surface area (Å²) >= 11 is 0. The van der Waals surface area contributed by atoms with Gasteiger partial charge in [0.1, 0.15) is 24.4 Å². The SMILES string of the molecule is CC(CCO)CNCCCOc1ccc2c(Nc3cnn(CC(=O)Nc4cccc(F)c4F)c3)ncnc2c1. The Morgan fingerprint density at radius 1 is 1.21 bits per heavy atom. The van der Waals surface area contributed by atoms with E-state index in [-0.39, 0.29) is 18.8 Å². The molecule has 1 unspecified atom stereocenters. The summed E-state index contributed by atoms with van der Waals surface area (Å²) in [5.74, 6) is -1.02. The fourth-order valence-corrected chi connectivity index (χ4v) is 3.87. The Hall–Kier alpha value is -4.16. The van der Waals surface area contributed by atoms with Gasteiger partial charge in [0.25, 0.3) is 0 Å². The van der Waals surface area contributed by atoms with Crippen molar-refractivity contribution in [2.45, 2.75) is 26.3 Å². The molecule has 4 rings (SSSR count). The van der Waals surface area contributed by atoms with E-state index in [0.717, 1.165) is 37.4 Å². The quantitative estimate of drug-likeness (QED) is 0.178. The molecule has 0 aliphatic heterocycles. The Labute approximate surface area is 224 Å². The number of hydrogen-bond donors (Lipinski definition) is 4. The fourth-order valence-electron chi connectivity index (χ4n) is 3.87. The number of nitrogens with zero attached hydrogens (tertiary/aromatic N) is 4. The largest absolute Gasteiger partial charge is 0.493 e. The van der Waals surface area contributed by atoms with Gasteiger partial charge in [-0.25, -0.2) is 18.7 Å². The predicted octanol–water partition coefficient (Wildman–Crippen LogP) is 3.86. The number of aromatic nitrogens is 4. The molecule has 4 N–H and O–H groups in total. The number of carbonyl (C=O) groups excluding carboxylic acids is 1. The summed E-state index contributed by atoms with van der Waals surface area (Å²) in [5.41, 5.74) is 1.05. The van der Waals surface area contributed by atoms with Crippen molar-refractivity contribution in [3.8, 4) is 5.75 Å². The van der Waals surface area contributed by atoms with E-state index in [1.54, 1.807) is 6.20 Å². The zero-order valence-electron chi connectivity index (χ0n) is 21.5. The first-order valence-corrected chi connectivity index (χ1v) is 12.7. The number of aliphatic hydroxyl groups excluding tert-OH is 1. The van der Waals surface area contributed by atoms with E-state index in [1.165, 1.54) is 29.3 Å². The normalized spacial score (nSPS) is 11.9. The summed E-state index contributed by atoms with van der Waals surface area (Å²) in [4.78, 5) is 20.9. The van der Waals surface area contributed by atoms with Crippen molar-refractivity contribution in [1.82, 2.24) is 25.1 Å². The number of nitrogens with one attached hydrogen (secondary N) is 3. The Bertz CT molecular complexity index is 1400. The first kappa shape index (κ1) is 27.9. The third kappa shape index (κ3) is 7.91. The summed E-state index contributed by atoms with van der Waals surface area (Å²) < 4.78 is 34.4. The van der Waals surface area contributed by atoms with Gasteiger partial charge in [0.05, 0.1) is 29.7 Å². The van der Waals surface area contributed by atoms with Crippen LogP contribution in [0.3, 0.4) is 0 Å². The predicted molar refractivity (Wildman–Crippen MR) is 144 cm³/mol. The van der Waals surface area contributed by atoms with Crippen LogP contribution in [-0.4, -0.2) is 57.1 Å². The first-order chi connectivity index (χ1) is 18.9. The maximum atomic E-state index is 13.8. The van der Waals surface area contributed by atoms with Crippen LogP contribution < -0.4 is 20.7 Å². The van der Waals surface area contributed by atoms with E-state index in [9.17, 15) is 13.6 Å². The molecule has 4 aromatic rings. The number of amides is 1. The zero-order chi connectivity index (χ0) is 27.6. The second-order valence-corrected chi connectivity index (χ2v) is 9.13. The van der Waals surface area contributed by atoms with Crippen LogP contribution in [0.2, 0.25) is 0 Å². The standard InChI is InChI=1S/C27H31F2N7O3/c1-18(8-10-37)13-30-9-3-11-39-20-6-7-21-24(12-20)31-17-32-27(21)34-19-14-33-36(15-19)16-25(38)35-23-5-2-4-22(28)26(23)29/h2,4-7,12,14-15,17-18,30,37H,3,8-11,13,16H2,1H3,(H,35,38)(H,31,32,34). The fraction of sp³-hybridized carbons (Fsp3) is 0.333. The molecule has 0 saturated carbocycles. The number of ether oxygens (including phenoxy) is 1. The Balaban J connectivity index is 1.30. The van der Waals surface area contributed by atoms with Gasteiger partial charge in [-0.1, -0.05) is 13.0 Å². The van der Waals surface area contributed by atoms with Gasteiger partial charge in [-0.15, -0.1) is 0 Å². The highest BCUT2D eigenvalue weighted by Crippen LogP contribution is 2.26. The minimum atomic E-state index is -1.12. The van der Waals surface area contributed by atoms with Gasteiger partial charge in [-0.05, 0) is 56.1 Å². The van der Waals surface area contributed by atoms with Crippen LogP contribution in [0.5, 0.6) is 5.75 Å². The van der Waals surface area contributed by atoms with Crippen molar-refractivity contribution in [2.75, 3.05) is 36.9 Å². The molecular weight excluding hydrogens is 508 g/mol. The number of fused-ring (bicyclic) bond motifs is 1. The van der Waals surface area contributed by atoms with Crippen LogP contribution >= 0.6 is 0 Å². The molecule has 0 bridgehead atoms. The number of halogens is 2. The highest BCUT2D eigenvalue weighted by atomic mass is 19.2. The highest BCUT2D eigenvalue weighted by molar-refractivity contribution is 5.92. The molecule has 2 aromatic heterocycles. The van der Waals surface area contributed by atoms with E-state index in [2.05, 4.69) is 37.9 Å². The van der Waals surface area contributed by atoms with E-state index >= 15 is 0 Å². The number of anilines is 3. The number of aliphatic hydroxyl groups is 1. The van der Waals surface area contributed by atoms with Crippen molar-refractivity contribution in [2.24, 2.45) is 5.92 Å². The van der Waals surface area contributed by atoms with Crippen molar-refractivity contribution < 1.29 is 23.4 Å². The van der Waals surface area contributed by atoms with Crippen LogP contribution in [0.4, 0.5) is 26.0 Å². The molecule has 0 aliphatic rings. The van der Waals surface area contributed by atoms with Crippen LogP contribution in [0.1, 0.15) is 19.8 Å². The van der Waals surface area contributed by atoms with Gasteiger partial charge >= 0.3 is 0 Å². The summed E-state index contributed by atoms with van der Waals surface area (Å²) in [5, 5.41) is 22.8. The molecule has 12 heteroatoms. The summed E-state index contributed by atoms with van der Waals surface area (Å²) in [6.07, 6.45) is 6.21. The van der Waals surface area contributed by atoms with Crippen molar-refractivity contribution in [1.29, 1.82) is 0 Å². The van der Waals surface area contributed by atoms with Gasteiger partial charge in [0, 0.05) is 24.3 Å². The molecule has 0 saturated heterocycles. The molecule has 0 radical (unpaired) electrons. The van der Waals surface area contributed by atoms with E-state index in [1.807, 2.05) is 18.2 Å². The average molecular weight is 540 g/mol. The number of hydrogen-bond acceptors (Lipinski definition) is 8. The first-order valence-electron chi connectivity index (χ1n) is 12.7. The molecular formula is C27H31F2N7O3. The second-order valence-electron chi connectivity index (χ2n) is 9.13. The summed E-state index contributed by atoms with van der Waals surface area (Å²) in [6.45, 7) is 4.37. The lowest BCUT2D eigenvalue weighted by molar-refractivity contribution is -0.116. The maximum Gasteiger partial charge on any atom is 0.246 e. The third-order valence-electron chi connectivity index (χ3n) is 5.92. The molecule has 2 aromatic carbocycles. The molecule has 206 valence electrons. The Morgan fingerprint density at radius 2 is 2.08 bits per heavy atom. The van der Waals surface area contributed by atoms with Crippen molar-refractivity contribution in [3.05, 3.63) is 66.8 Å². The number of carbonyl (C=O) groups is 1. The van der Waals surface area contributed by atoms with Crippen LogP contribution in [0.25, 0.3) is 10.9 Å². The minimum Gasteiger partial charge on any atom is -0.493 e. The Morgan fingerprint density at radius 3 is 2.92 bits per heavy atom. The topological polar surface area (TPSA) is 126 Å². The summed E-state index contributed by atoms with van der Waals surface area (Å²) in [7, 11) is 0. The lowest BCUT2D eigenvalue weighted by Gasteiger charge is -2.12. The average Bonchev–Trinajstić information content (AvgIpc) is 3.35. The maximum absolute atomic E-state index is 13.8. The monoisotopic (exact) mass is 539 g/mol. The van der Waals surface area contributed by atoms with Gasteiger partial charge in [0.2, 0.25) is 5.91 Å². The lowest BCUT2D eigenvalue weighted by Crippen LogP contribution is -2.24. The third-order valence-corrected chi connectivity index (χ3v) is 5.92. The van der Waals surface area contributed by atoms with E-state index in [0.29, 0.717) is 35.3 Å². The van der Waals surface area contributed by atoms with Crippen molar-refractivity contribution in [3.63, 3.8) is 0 Å². The highest BCUT2D eigenvalue weighted by Gasteiger charge is 2.12. The number of benzene rings is 2. The van der Waals surface area contributed by atoms with E-state index in [4.69, 9.17) is 9.84 Å². The van der Waals surface area contributed by atoms with Crippen LogP contribution in [0.15, 0.2) is 55.1 Å². The van der Waals surface area contributed by atoms with Crippen molar-refractivity contribution >= 4 is 34.0 Å². The van der Waals surface area contributed by atoms with Crippen LogP contribution in [-0.2, 0) is 11.3 Å². The number of rotatable bonds is 14. The second kappa shape index (κ2) is 13.6. The summed E-state index contributed by atoms with van der Waals surface area (Å²) in [6, 6.07) is 9.14. The minimum absolute atomic E-state index is 0.194. The van der Waals surface area contributed by atoms with E-state index < -0.39 is 17.5 Å². The molecule has 0 aliphatic carbocycles. The lowest BCUT2D eigenvalue weighted by atomic mass is 10.1. The van der Waals surface area contributed by atoms with Gasteiger partial charge in [0.15, 0.2) is 11.6 Å². The van der Waals surface area contributed by atoms with Gasteiger partial charge < -0.3 is 25.8 Å². The molecule has 0 spiro atoms. The zero-order valence-corrected chi connectivity index (χ0v) is 21.5.